The van der Waals surface area contributed by atoms with Crippen molar-refractivity contribution in [1.29, 1.82) is 0 Å². The third kappa shape index (κ3) is 3.75. The van der Waals surface area contributed by atoms with Gasteiger partial charge in [-0.2, -0.15) is 0 Å². The van der Waals surface area contributed by atoms with Gasteiger partial charge in [-0.1, -0.05) is 0 Å². The summed E-state index contributed by atoms with van der Waals surface area (Å²) in [6.45, 7) is 0. The van der Waals surface area contributed by atoms with Crippen LogP contribution in [0.1, 0.15) is 0 Å². The summed E-state index contributed by atoms with van der Waals surface area (Å²) in [5, 5.41) is 0. The molecule has 6 aromatic rings. The van der Waals surface area contributed by atoms with Crippen LogP contribution >= 0.6 is 0 Å². The normalized spacial score (nSPS) is 10.9. The summed E-state index contributed by atoms with van der Waals surface area (Å²) in [6.07, 6.45) is 16.6. The predicted octanol–water partition coefficient (Wildman–Crippen LogP) is 5.71. The summed E-state index contributed by atoms with van der Waals surface area (Å²) in [4.78, 5) is 14.7. The molecule has 164 valence electrons. The highest BCUT2D eigenvalue weighted by molar-refractivity contribution is 5.77. The third-order valence-corrected chi connectivity index (χ3v) is 5.73. The second-order valence-corrected chi connectivity index (χ2v) is 7.79. The van der Waals surface area contributed by atoms with E-state index in [1.165, 1.54) is 0 Å². The molecule has 0 saturated carbocycles. The quantitative estimate of drug-likeness (QED) is 0.331. The topological polar surface area (TPSA) is 56.7 Å². The van der Waals surface area contributed by atoms with Gasteiger partial charge in [0.25, 0.3) is 0 Å². The Labute approximate surface area is 196 Å². The number of hydrogen-bond donors (Lipinski definition) is 0. The molecule has 7 heteroatoms. The molecule has 0 amide bonds. The Balaban J connectivity index is 1.39. The van der Waals surface area contributed by atoms with Gasteiger partial charge >= 0.3 is 0 Å². The van der Waals surface area contributed by atoms with E-state index >= 15 is 0 Å². The maximum absolute atomic E-state index is 4.15. The minimum absolute atomic E-state index is 1.06. The van der Waals surface area contributed by atoms with E-state index in [0.29, 0.717) is 0 Å². The maximum Gasteiger partial charge on any atom is 0.0991 e. The van der Waals surface area contributed by atoms with Crippen LogP contribution in [0, 0.1) is 0 Å². The summed E-state index contributed by atoms with van der Waals surface area (Å²) in [5.74, 6) is 0. The molecule has 0 radical (unpaired) electrons. The maximum atomic E-state index is 4.15. The molecule has 0 unspecified atom stereocenters. The highest BCUT2D eigenvalue weighted by atomic mass is 15.1. The van der Waals surface area contributed by atoms with E-state index in [1.807, 2.05) is 32.3 Å². The second-order valence-electron chi connectivity index (χ2n) is 7.79. The lowest BCUT2D eigenvalue weighted by Gasteiger charge is -2.26. The lowest BCUT2D eigenvalue weighted by molar-refractivity contribution is 1.05. The highest BCUT2D eigenvalue weighted by Gasteiger charge is 2.13. The third-order valence-electron chi connectivity index (χ3n) is 5.73. The van der Waals surface area contributed by atoms with E-state index in [-0.39, 0.29) is 0 Å². The van der Waals surface area contributed by atoms with Crippen LogP contribution in [0.25, 0.3) is 17.1 Å². The van der Waals surface area contributed by atoms with Gasteiger partial charge in [-0.15, -0.1) is 0 Å². The molecule has 0 bridgehead atoms. The van der Waals surface area contributed by atoms with Crippen LogP contribution in [0.5, 0.6) is 0 Å². The van der Waals surface area contributed by atoms with E-state index in [2.05, 4.69) is 92.6 Å². The van der Waals surface area contributed by atoms with Gasteiger partial charge in [-0.05, 0) is 72.8 Å². The monoisotopic (exact) mass is 443 g/mol. The van der Waals surface area contributed by atoms with Crippen LogP contribution in [-0.4, -0.2) is 28.7 Å². The molecule has 0 fully saturated rings. The first-order valence-corrected chi connectivity index (χ1v) is 10.9. The number of aromatic nitrogens is 6. The fourth-order valence-corrected chi connectivity index (χ4v) is 4.00. The zero-order valence-corrected chi connectivity index (χ0v) is 18.3. The standard InChI is InChI=1S/C27H21N7/c1-7-25(8-2-22(1)31-16-13-28-19-31)34(26-9-3-23(4-10-26)32-17-14-29-20-32)27-11-5-24(6-12-27)33-18-15-30-21-33/h1-21H. The van der Waals surface area contributed by atoms with E-state index in [9.17, 15) is 0 Å². The number of benzene rings is 3. The van der Waals surface area contributed by atoms with Gasteiger partial charge in [0.2, 0.25) is 0 Å². The van der Waals surface area contributed by atoms with Crippen molar-refractivity contribution in [3.05, 3.63) is 129 Å². The molecule has 0 atom stereocenters. The fourth-order valence-electron chi connectivity index (χ4n) is 4.00. The van der Waals surface area contributed by atoms with Gasteiger partial charge < -0.3 is 18.6 Å². The molecular formula is C27H21N7. The van der Waals surface area contributed by atoms with Gasteiger partial charge in [0, 0.05) is 71.3 Å². The minimum Gasteiger partial charge on any atom is -0.310 e. The molecule has 0 aliphatic rings. The molecule has 34 heavy (non-hydrogen) atoms. The van der Waals surface area contributed by atoms with Crippen LogP contribution in [0.3, 0.4) is 0 Å². The van der Waals surface area contributed by atoms with Crippen molar-refractivity contribution in [2.45, 2.75) is 0 Å². The number of anilines is 3. The summed E-state index contributed by atoms with van der Waals surface area (Å²) < 4.78 is 5.98. The molecule has 0 aliphatic heterocycles. The van der Waals surface area contributed by atoms with E-state index in [1.54, 1.807) is 37.6 Å². The fraction of sp³-hybridized carbons (Fsp3) is 0. The first-order chi connectivity index (χ1) is 16.8. The second kappa shape index (κ2) is 8.55. The SMILES string of the molecule is c1cn(-c2ccc(N(c3ccc(-n4ccnc4)cc3)c3ccc(-n4ccnc4)cc3)cc2)cn1. The molecule has 3 aromatic heterocycles. The van der Waals surface area contributed by atoms with E-state index in [0.717, 1.165) is 34.1 Å². The summed E-state index contributed by atoms with van der Waals surface area (Å²) in [5.41, 5.74) is 6.38. The Morgan fingerprint density at radius 3 is 0.941 bits per heavy atom. The highest BCUT2D eigenvalue weighted by Crippen LogP contribution is 2.35. The Kier molecular flexibility index (Phi) is 4.97. The smallest absolute Gasteiger partial charge is 0.0991 e. The number of nitrogens with zero attached hydrogens (tertiary/aromatic N) is 7. The first kappa shape index (κ1) is 19.8. The molecular weight excluding hydrogens is 422 g/mol. The Bertz CT molecular complexity index is 1260. The average Bonchev–Trinajstić information content (AvgIpc) is 3.69. The van der Waals surface area contributed by atoms with Crippen molar-refractivity contribution in [2.24, 2.45) is 0 Å². The predicted molar refractivity (Wildman–Crippen MR) is 132 cm³/mol. The number of rotatable bonds is 6. The molecule has 0 aliphatic carbocycles. The van der Waals surface area contributed by atoms with Crippen LogP contribution in [0.4, 0.5) is 17.1 Å². The lowest BCUT2D eigenvalue weighted by Crippen LogP contribution is -2.10. The lowest BCUT2D eigenvalue weighted by atomic mass is 10.1. The summed E-state index contributed by atoms with van der Waals surface area (Å²) in [6, 6.07) is 25.4. The molecule has 0 saturated heterocycles. The van der Waals surface area contributed by atoms with E-state index < -0.39 is 0 Å². The van der Waals surface area contributed by atoms with Crippen molar-refractivity contribution in [3.8, 4) is 17.1 Å². The van der Waals surface area contributed by atoms with Crippen molar-refractivity contribution >= 4 is 17.1 Å². The number of imidazole rings is 3. The van der Waals surface area contributed by atoms with Crippen LogP contribution < -0.4 is 4.90 Å². The molecule has 0 spiro atoms. The molecule has 3 heterocycles. The van der Waals surface area contributed by atoms with Gasteiger partial charge in [-0.25, -0.2) is 15.0 Å². The summed E-state index contributed by atoms with van der Waals surface area (Å²) in [7, 11) is 0. The Hall–Kier alpha value is -4.91. The van der Waals surface area contributed by atoms with Crippen molar-refractivity contribution in [1.82, 2.24) is 28.7 Å². The van der Waals surface area contributed by atoms with Gasteiger partial charge in [0.15, 0.2) is 0 Å². The van der Waals surface area contributed by atoms with E-state index in [4.69, 9.17) is 0 Å². The van der Waals surface area contributed by atoms with Gasteiger partial charge in [0.1, 0.15) is 0 Å². The molecule has 3 aromatic carbocycles. The number of hydrogen-bond acceptors (Lipinski definition) is 4. The first-order valence-electron chi connectivity index (χ1n) is 10.9. The van der Waals surface area contributed by atoms with Crippen molar-refractivity contribution < 1.29 is 0 Å². The average molecular weight is 444 g/mol. The Morgan fingerprint density at radius 1 is 0.412 bits per heavy atom. The zero-order chi connectivity index (χ0) is 22.7. The van der Waals surface area contributed by atoms with Gasteiger partial charge in [0.05, 0.1) is 19.0 Å². The Morgan fingerprint density at radius 2 is 0.706 bits per heavy atom. The van der Waals surface area contributed by atoms with Gasteiger partial charge in [-0.3, -0.25) is 0 Å². The molecule has 6 rings (SSSR count). The van der Waals surface area contributed by atoms with Crippen molar-refractivity contribution in [2.75, 3.05) is 4.90 Å². The van der Waals surface area contributed by atoms with Crippen LogP contribution in [0.15, 0.2) is 129 Å². The van der Waals surface area contributed by atoms with Crippen LogP contribution in [0.2, 0.25) is 0 Å². The minimum atomic E-state index is 1.06. The largest absolute Gasteiger partial charge is 0.310 e. The molecule has 0 N–H and O–H groups in total. The van der Waals surface area contributed by atoms with Crippen molar-refractivity contribution in [3.63, 3.8) is 0 Å². The molecule has 7 nitrogen and oxygen atoms in total. The zero-order valence-electron chi connectivity index (χ0n) is 18.3. The van der Waals surface area contributed by atoms with Crippen LogP contribution in [-0.2, 0) is 0 Å². The summed E-state index contributed by atoms with van der Waals surface area (Å²) >= 11 is 0.